The fourth-order valence-corrected chi connectivity index (χ4v) is 2.94. The zero-order valence-electron chi connectivity index (χ0n) is 13.8. The van der Waals surface area contributed by atoms with Crippen LogP contribution in [0.3, 0.4) is 0 Å². The van der Waals surface area contributed by atoms with Crippen molar-refractivity contribution < 1.29 is 23.1 Å². The molecule has 2 aromatic rings. The Labute approximate surface area is 142 Å². The third-order valence-corrected chi connectivity index (χ3v) is 4.42. The molecule has 0 spiro atoms. The van der Waals surface area contributed by atoms with Gasteiger partial charge in [0.2, 0.25) is 5.60 Å². The highest BCUT2D eigenvalue weighted by Gasteiger charge is 2.57. The van der Waals surface area contributed by atoms with Gasteiger partial charge in [0.25, 0.3) is 5.91 Å². The molecular weight excluding hydrogens is 335 g/mol. The first-order valence-electron chi connectivity index (χ1n) is 7.83. The van der Waals surface area contributed by atoms with Crippen LogP contribution in [0.2, 0.25) is 0 Å². The molecule has 0 fully saturated rings. The molecule has 1 unspecified atom stereocenters. The number of carbonyl (C=O) groups excluding carboxylic acids is 1. The summed E-state index contributed by atoms with van der Waals surface area (Å²) < 4.78 is 40.5. The van der Waals surface area contributed by atoms with Crippen molar-refractivity contribution in [3.63, 3.8) is 0 Å². The SMILES string of the molecule is CC1CN(C(=O)[C@@](C)(O)C(F)(F)F)Cc2cn(-c3ccccc3)nc21. The topological polar surface area (TPSA) is 58.4 Å². The molecule has 1 aromatic heterocycles. The van der Waals surface area contributed by atoms with Gasteiger partial charge in [0.1, 0.15) is 0 Å². The summed E-state index contributed by atoms with van der Waals surface area (Å²) in [7, 11) is 0. The Kier molecular flexibility index (Phi) is 4.10. The molecule has 1 aliphatic heterocycles. The Bertz CT molecular complexity index is 784. The van der Waals surface area contributed by atoms with E-state index in [2.05, 4.69) is 5.10 Å². The van der Waals surface area contributed by atoms with E-state index in [9.17, 15) is 23.1 Å². The fraction of sp³-hybridized carbons (Fsp3) is 0.412. The van der Waals surface area contributed by atoms with Crippen molar-refractivity contribution in [3.05, 3.63) is 47.8 Å². The lowest BCUT2D eigenvalue weighted by Crippen LogP contribution is -2.57. The van der Waals surface area contributed by atoms with E-state index in [4.69, 9.17) is 0 Å². The summed E-state index contributed by atoms with van der Waals surface area (Å²) in [5.41, 5.74) is -1.16. The van der Waals surface area contributed by atoms with E-state index in [-0.39, 0.29) is 19.0 Å². The van der Waals surface area contributed by atoms with Crippen molar-refractivity contribution in [3.8, 4) is 5.69 Å². The van der Waals surface area contributed by atoms with E-state index in [0.717, 1.165) is 16.3 Å². The van der Waals surface area contributed by atoms with Crippen LogP contribution in [-0.4, -0.2) is 44.0 Å². The minimum absolute atomic E-state index is 0.0163. The standard InChI is InChI=1S/C17H18F3N3O2/c1-11-8-22(15(24)16(2,25)17(18,19)20)9-12-10-23(21-14(11)12)13-6-4-3-5-7-13/h3-7,10-11,25H,8-9H2,1-2H3/t11?,16-/m1/s1. The number of rotatable bonds is 2. The Balaban J connectivity index is 1.89. The number of nitrogens with zero attached hydrogens (tertiary/aromatic N) is 3. The number of aliphatic hydroxyl groups is 1. The number of para-hydroxylation sites is 1. The highest BCUT2D eigenvalue weighted by molar-refractivity contribution is 5.85. The number of halogens is 3. The second kappa shape index (κ2) is 5.87. The van der Waals surface area contributed by atoms with E-state index in [1.807, 2.05) is 30.3 Å². The molecule has 3 rings (SSSR count). The average molecular weight is 353 g/mol. The largest absolute Gasteiger partial charge is 0.426 e. The quantitative estimate of drug-likeness (QED) is 0.903. The highest BCUT2D eigenvalue weighted by Crippen LogP contribution is 2.35. The second-order valence-electron chi connectivity index (χ2n) is 6.48. The molecule has 1 amide bonds. The molecule has 8 heteroatoms. The second-order valence-corrected chi connectivity index (χ2v) is 6.48. The van der Waals surface area contributed by atoms with Gasteiger partial charge in [0, 0.05) is 30.8 Å². The Morgan fingerprint density at radius 1 is 1.28 bits per heavy atom. The van der Waals surface area contributed by atoms with Gasteiger partial charge in [-0.1, -0.05) is 25.1 Å². The number of fused-ring (bicyclic) bond motifs is 1. The van der Waals surface area contributed by atoms with Gasteiger partial charge >= 0.3 is 6.18 Å². The molecule has 25 heavy (non-hydrogen) atoms. The van der Waals surface area contributed by atoms with Crippen LogP contribution < -0.4 is 0 Å². The molecule has 0 radical (unpaired) electrons. The van der Waals surface area contributed by atoms with Crippen molar-refractivity contribution in [2.75, 3.05) is 6.54 Å². The lowest BCUT2D eigenvalue weighted by molar-refractivity contribution is -0.250. The zero-order valence-corrected chi connectivity index (χ0v) is 13.8. The zero-order chi connectivity index (χ0) is 18.4. The number of benzene rings is 1. The van der Waals surface area contributed by atoms with Gasteiger partial charge < -0.3 is 10.0 Å². The summed E-state index contributed by atoms with van der Waals surface area (Å²) in [6.45, 7) is 2.34. The van der Waals surface area contributed by atoms with Crippen molar-refractivity contribution >= 4 is 5.91 Å². The summed E-state index contributed by atoms with van der Waals surface area (Å²) in [5, 5.41) is 14.2. The summed E-state index contributed by atoms with van der Waals surface area (Å²) in [4.78, 5) is 13.3. The van der Waals surface area contributed by atoms with Gasteiger partial charge in [0.05, 0.1) is 11.4 Å². The number of aromatic nitrogens is 2. The van der Waals surface area contributed by atoms with Crippen molar-refractivity contribution in [1.29, 1.82) is 0 Å². The third kappa shape index (κ3) is 3.02. The van der Waals surface area contributed by atoms with E-state index < -0.39 is 17.7 Å². The molecule has 0 saturated carbocycles. The van der Waals surface area contributed by atoms with Crippen LogP contribution in [0.4, 0.5) is 13.2 Å². The molecular formula is C17H18F3N3O2. The molecule has 0 aliphatic carbocycles. The fourth-order valence-electron chi connectivity index (χ4n) is 2.94. The molecule has 0 bridgehead atoms. The van der Waals surface area contributed by atoms with Gasteiger partial charge in [0.15, 0.2) is 0 Å². The molecule has 2 heterocycles. The summed E-state index contributed by atoms with van der Waals surface area (Å²) in [6.07, 6.45) is -3.31. The predicted molar refractivity (Wildman–Crippen MR) is 84.1 cm³/mol. The van der Waals surface area contributed by atoms with Crippen molar-refractivity contribution in [2.45, 2.75) is 38.1 Å². The lowest BCUT2D eigenvalue weighted by atomic mass is 9.96. The first kappa shape index (κ1) is 17.5. The lowest BCUT2D eigenvalue weighted by Gasteiger charge is -2.35. The number of amides is 1. The molecule has 134 valence electrons. The van der Waals surface area contributed by atoms with Crippen LogP contribution >= 0.6 is 0 Å². The van der Waals surface area contributed by atoms with Gasteiger partial charge in [-0.3, -0.25) is 4.79 Å². The third-order valence-electron chi connectivity index (χ3n) is 4.42. The van der Waals surface area contributed by atoms with Crippen LogP contribution in [0.15, 0.2) is 36.5 Å². The maximum absolute atomic E-state index is 12.9. The van der Waals surface area contributed by atoms with E-state index >= 15 is 0 Å². The number of hydrogen-bond donors (Lipinski definition) is 1. The van der Waals surface area contributed by atoms with E-state index in [1.54, 1.807) is 17.8 Å². The number of hydrogen-bond acceptors (Lipinski definition) is 3. The Morgan fingerprint density at radius 3 is 2.52 bits per heavy atom. The average Bonchev–Trinajstić information content (AvgIpc) is 2.98. The number of alkyl halides is 3. The van der Waals surface area contributed by atoms with E-state index in [1.165, 1.54) is 0 Å². The van der Waals surface area contributed by atoms with Gasteiger partial charge in [-0.15, -0.1) is 0 Å². The maximum atomic E-state index is 12.9. The smallest absolute Gasteiger partial charge is 0.373 e. The van der Waals surface area contributed by atoms with Gasteiger partial charge in [-0.2, -0.15) is 18.3 Å². The predicted octanol–water partition coefficient (Wildman–Crippen LogP) is 2.63. The molecule has 2 atom stereocenters. The summed E-state index contributed by atoms with van der Waals surface area (Å²) in [5.74, 6) is -1.58. The van der Waals surface area contributed by atoms with Gasteiger partial charge in [-0.05, 0) is 19.1 Å². The Hall–Kier alpha value is -2.35. The molecule has 1 N–H and O–H groups in total. The summed E-state index contributed by atoms with van der Waals surface area (Å²) >= 11 is 0. The minimum atomic E-state index is -5.03. The first-order valence-corrected chi connectivity index (χ1v) is 7.83. The summed E-state index contributed by atoms with van der Waals surface area (Å²) in [6, 6.07) is 9.31. The monoisotopic (exact) mass is 353 g/mol. The van der Waals surface area contributed by atoms with Crippen LogP contribution in [-0.2, 0) is 11.3 Å². The molecule has 1 aromatic carbocycles. The van der Waals surface area contributed by atoms with Gasteiger partial charge in [-0.25, -0.2) is 4.68 Å². The normalized spacial score (nSPS) is 20.1. The van der Waals surface area contributed by atoms with Crippen molar-refractivity contribution in [1.82, 2.24) is 14.7 Å². The maximum Gasteiger partial charge on any atom is 0.426 e. The molecule has 0 saturated heterocycles. The van der Waals surface area contributed by atoms with Crippen LogP contribution in [0, 0.1) is 0 Å². The molecule has 5 nitrogen and oxygen atoms in total. The number of carbonyl (C=O) groups is 1. The Morgan fingerprint density at radius 2 is 1.92 bits per heavy atom. The van der Waals surface area contributed by atoms with Crippen molar-refractivity contribution in [2.24, 2.45) is 0 Å². The minimum Gasteiger partial charge on any atom is -0.373 e. The van der Waals surface area contributed by atoms with Crippen LogP contribution in [0.5, 0.6) is 0 Å². The highest BCUT2D eigenvalue weighted by atomic mass is 19.4. The van der Waals surface area contributed by atoms with E-state index in [0.29, 0.717) is 12.5 Å². The first-order chi connectivity index (χ1) is 11.6. The van der Waals surface area contributed by atoms with Crippen LogP contribution in [0.25, 0.3) is 5.69 Å². The molecule has 1 aliphatic rings. The van der Waals surface area contributed by atoms with Crippen LogP contribution in [0.1, 0.15) is 31.0 Å².